The molecule has 1 atom stereocenters. The average Bonchev–Trinajstić information content (AvgIpc) is 2.56. The Labute approximate surface area is 142 Å². The van der Waals surface area contributed by atoms with Crippen molar-refractivity contribution in [3.05, 3.63) is 53.9 Å². The zero-order valence-electron chi connectivity index (χ0n) is 14.6. The third-order valence-corrected chi connectivity index (χ3v) is 3.93. The Kier molecular flexibility index (Phi) is 5.68. The first kappa shape index (κ1) is 17.7. The second-order valence-electron chi connectivity index (χ2n) is 5.86. The van der Waals surface area contributed by atoms with E-state index in [-0.39, 0.29) is 17.9 Å². The topological polar surface area (TPSA) is 62.1 Å². The first-order valence-corrected chi connectivity index (χ1v) is 8.10. The Morgan fingerprint density at radius 3 is 2.17 bits per heavy atom. The second-order valence-corrected chi connectivity index (χ2v) is 5.86. The SMILES string of the molecule is CCc1ccc(C)[n+]([C@@H](C)C(=O)Nc2ccc(NC(C)=O)cc2)c1. The predicted molar refractivity (Wildman–Crippen MR) is 94.8 cm³/mol. The van der Waals surface area contributed by atoms with Crippen LogP contribution in [-0.4, -0.2) is 11.8 Å². The van der Waals surface area contributed by atoms with Crippen molar-refractivity contribution in [2.24, 2.45) is 0 Å². The van der Waals surface area contributed by atoms with E-state index in [1.54, 1.807) is 24.3 Å². The fourth-order valence-corrected chi connectivity index (χ4v) is 2.48. The molecule has 126 valence electrons. The first-order chi connectivity index (χ1) is 11.4. The van der Waals surface area contributed by atoms with Gasteiger partial charge in [0.2, 0.25) is 11.9 Å². The highest BCUT2D eigenvalue weighted by atomic mass is 16.2. The Morgan fingerprint density at radius 1 is 1.04 bits per heavy atom. The summed E-state index contributed by atoms with van der Waals surface area (Å²) < 4.78 is 1.99. The summed E-state index contributed by atoms with van der Waals surface area (Å²) in [4.78, 5) is 23.5. The van der Waals surface area contributed by atoms with Crippen LogP contribution in [0, 0.1) is 6.92 Å². The maximum absolute atomic E-state index is 12.5. The average molecular weight is 326 g/mol. The van der Waals surface area contributed by atoms with Gasteiger partial charge in [0.05, 0.1) is 0 Å². The fourth-order valence-electron chi connectivity index (χ4n) is 2.48. The molecular weight excluding hydrogens is 302 g/mol. The number of hydrogen-bond acceptors (Lipinski definition) is 2. The molecule has 0 aliphatic carbocycles. The zero-order chi connectivity index (χ0) is 17.7. The van der Waals surface area contributed by atoms with Crippen LogP contribution >= 0.6 is 0 Å². The minimum atomic E-state index is -0.313. The number of nitrogens with zero attached hydrogens (tertiary/aromatic N) is 1. The summed E-state index contributed by atoms with van der Waals surface area (Å²) in [6, 6.07) is 10.9. The molecule has 5 nitrogen and oxygen atoms in total. The number of nitrogens with one attached hydrogen (secondary N) is 2. The zero-order valence-corrected chi connectivity index (χ0v) is 14.6. The van der Waals surface area contributed by atoms with Crippen molar-refractivity contribution in [1.82, 2.24) is 0 Å². The first-order valence-electron chi connectivity index (χ1n) is 8.10. The normalized spacial score (nSPS) is 11.7. The number of amides is 2. The van der Waals surface area contributed by atoms with E-state index in [2.05, 4.69) is 23.6 Å². The molecule has 2 rings (SSSR count). The Bertz CT molecular complexity index is 739. The number of rotatable bonds is 5. The van der Waals surface area contributed by atoms with Gasteiger partial charge in [-0.05, 0) is 36.8 Å². The largest absolute Gasteiger partial charge is 0.326 e. The molecule has 0 radical (unpaired) electrons. The lowest BCUT2D eigenvalue weighted by atomic mass is 10.1. The van der Waals surface area contributed by atoms with E-state index in [0.29, 0.717) is 11.4 Å². The molecular formula is C19H24N3O2+. The Hall–Kier alpha value is -2.69. The Morgan fingerprint density at radius 2 is 1.62 bits per heavy atom. The molecule has 1 aromatic heterocycles. The van der Waals surface area contributed by atoms with Gasteiger partial charge in [-0.15, -0.1) is 0 Å². The molecule has 1 heterocycles. The molecule has 0 aliphatic rings. The highest BCUT2D eigenvalue weighted by Crippen LogP contribution is 2.15. The monoisotopic (exact) mass is 326 g/mol. The lowest BCUT2D eigenvalue weighted by Crippen LogP contribution is -2.47. The van der Waals surface area contributed by atoms with Crippen LogP contribution in [0.3, 0.4) is 0 Å². The lowest BCUT2D eigenvalue weighted by molar-refractivity contribution is -0.711. The van der Waals surface area contributed by atoms with Crippen LogP contribution in [0.1, 0.15) is 38.1 Å². The number of aryl methyl sites for hydroxylation is 2. The van der Waals surface area contributed by atoms with E-state index in [1.807, 2.05) is 30.7 Å². The number of carbonyl (C=O) groups is 2. The van der Waals surface area contributed by atoms with Gasteiger partial charge in [-0.2, -0.15) is 4.57 Å². The van der Waals surface area contributed by atoms with Crippen LogP contribution in [0.2, 0.25) is 0 Å². The summed E-state index contributed by atoms with van der Waals surface area (Å²) in [7, 11) is 0. The fraction of sp³-hybridized carbons (Fsp3) is 0.316. The van der Waals surface area contributed by atoms with Crippen molar-refractivity contribution in [2.45, 2.75) is 40.2 Å². The summed E-state index contributed by atoms with van der Waals surface area (Å²) in [5.41, 5.74) is 3.64. The standard InChI is InChI=1S/C19H23N3O2/c1-5-16-7-6-13(2)22(12-16)14(3)19(24)21-18-10-8-17(9-11-18)20-15(4)23/h6-12,14H,5H2,1-4H3,(H-,20,21,23,24)/p+1/t14-/m0/s1. The molecule has 0 unspecified atom stereocenters. The summed E-state index contributed by atoms with van der Waals surface area (Å²) in [5, 5.41) is 5.61. The van der Waals surface area contributed by atoms with Crippen molar-refractivity contribution in [3.8, 4) is 0 Å². The quantitative estimate of drug-likeness (QED) is 0.830. The van der Waals surface area contributed by atoms with Gasteiger partial charge >= 0.3 is 0 Å². The van der Waals surface area contributed by atoms with E-state index >= 15 is 0 Å². The third kappa shape index (κ3) is 4.41. The predicted octanol–water partition coefficient (Wildman–Crippen LogP) is 3.00. The van der Waals surface area contributed by atoms with Gasteiger partial charge in [0.25, 0.3) is 5.91 Å². The molecule has 0 fully saturated rings. The summed E-state index contributed by atoms with van der Waals surface area (Å²) in [6.45, 7) is 7.43. The van der Waals surface area contributed by atoms with Crippen LogP contribution in [0.15, 0.2) is 42.6 Å². The van der Waals surface area contributed by atoms with Crippen LogP contribution in [0.4, 0.5) is 11.4 Å². The van der Waals surface area contributed by atoms with Crippen molar-refractivity contribution in [2.75, 3.05) is 10.6 Å². The van der Waals surface area contributed by atoms with Crippen molar-refractivity contribution >= 4 is 23.2 Å². The number of carbonyl (C=O) groups excluding carboxylic acids is 2. The van der Waals surface area contributed by atoms with Crippen LogP contribution in [0.5, 0.6) is 0 Å². The van der Waals surface area contributed by atoms with Gasteiger partial charge in [0, 0.05) is 43.8 Å². The molecule has 24 heavy (non-hydrogen) atoms. The Balaban J connectivity index is 2.10. The summed E-state index contributed by atoms with van der Waals surface area (Å²) in [5.74, 6) is -0.202. The molecule has 0 saturated carbocycles. The maximum Gasteiger partial charge on any atom is 0.293 e. The molecule has 2 amide bonds. The molecule has 0 spiro atoms. The minimum Gasteiger partial charge on any atom is -0.326 e. The lowest BCUT2D eigenvalue weighted by Gasteiger charge is -2.12. The van der Waals surface area contributed by atoms with Crippen LogP contribution < -0.4 is 15.2 Å². The van der Waals surface area contributed by atoms with Gasteiger partial charge < -0.3 is 10.6 Å². The van der Waals surface area contributed by atoms with Crippen LogP contribution in [0.25, 0.3) is 0 Å². The number of aromatic nitrogens is 1. The number of hydrogen-bond donors (Lipinski definition) is 2. The summed E-state index contributed by atoms with van der Waals surface area (Å²) in [6.07, 6.45) is 2.96. The van der Waals surface area contributed by atoms with Gasteiger partial charge in [-0.25, -0.2) is 0 Å². The molecule has 1 aromatic carbocycles. The van der Waals surface area contributed by atoms with Crippen molar-refractivity contribution in [1.29, 1.82) is 0 Å². The maximum atomic E-state index is 12.5. The van der Waals surface area contributed by atoms with Crippen molar-refractivity contribution < 1.29 is 14.2 Å². The minimum absolute atomic E-state index is 0.0800. The smallest absolute Gasteiger partial charge is 0.293 e. The molecule has 0 saturated heterocycles. The van der Waals surface area contributed by atoms with Gasteiger partial charge in [-0.1, -0.05) is 6.92 Å². The number of pyridine rings is 1. The highest BCUT2D eigenvalue weighted by Gasteiger charge is 2.24. The molecule has 2 N–H and O–H groups in total. The summed E-state index contributed by atoms with van der Waals surface area (Å²) >= 11 is 0. The van der Waals surface area contributed by atoms with Gasteiger partial charge in [0.15, 0.2) is 11.9 Å². The van der Waals surface area contributed by atoms with Crippen LogP contribution in [-0.2, 0) is 16.0 Å². The van der Waals surface area contributed by atoms with E-state index in [4.69, 9.17) is 0 Å². The molecule has 5 heteroatoms. The highest BCUT2D eigenvalue weighted by molar-refractivity contribution is 5.93. The molecule has 0 aliphatic heterocycles. The third-order valence-electron chi connectivity index (χ3n) is 3.93. The number of anilines is 2. The van der Waals surface area contributed by atoms with E-state index in [9.17, 15) is 9.59 Å². The van der Waals surface area contributed by atoms with E-state index in [1.165, 1.54) is 12.5 Å². The molecule has 2 aromatic rings. The van der Waals surface area contributed by atoms with Crippen molar-refractivity contribution in [3.63, 3.8) is 0 Å². The van der Waals surface area contributed by atoms with E-state index < -0.39 is 0 Å². The molecule has 0 bridgehead atoms. The van der Waals surface area contributed by atoms with Gasteiger partial charge in [-0.3, -0.25) is 9.59 Å². The van der Waals surface area contributed by atoms with E-state index in [0.717, 1.165) is 12.1 Å². The van der Waals surface area contributed by atoms with Gasteiger partial charge in [0.1, 0.15) is 0 Å². The number of benzene rings is 1. The second kappa shape index (κ2) is 7.73.